The van der Waals surface area contributed by atoms with Crippen LogP contribution in [0.25, 0.3) is 0 Å². The van der Waals surface area contributed by atoms with Crippen LogP contribution in [0.15, 0.2) is 0 Å². The predicted molar refractivity (Wildman–Crippen MR) is 46.2 cm³/mol. The topological polar surface area (TPSA) is 55.1 Å². The summed E-state index contributed by atoms with van der Waals surface area (Å²) in [5.41, 5.74) is 5.69. The molecule has 3 N–H and O–H groups in total. The molecule has 0 radical (unpaired) electrons. The number of hydrogen-bond donors (Lipinski definition) is 2. The molecule has 3 heteroatoms. The van der Waals surface area contributed by atoms with Gasteiger partial charge in [-0.2, -0.15) is 0 Å². The summed E-state index contributed by atoms with van der Waals surface area (Å²) in [4.78, 5) is 10.5. The van der Waals surface area contributed by atoms with Gasteiger partial charge in [-0.05, 0) is 6.42 Å². The van der Waals surface area contributed by atoms with Crippen molar-refractivity contribution in [2.24, 2.45) is 5.73 Å². The highest BCUT2D eigenvalue weighted by atomic mass is 16.1. The fourth-order valence-corrected chi connectivity index (χ4v) is 0.843. The van der Waals surface area contributed by atoms with E-state index >= 15 is 0 Å². The van der Waals surface area contributed by atoms with Crippen molar-refractivity contribution >= 4 is 5.91 Å². The van der Waals surface area contributed by atoms with Gasteiger partial charge in [-0.1, -0.05) is 19.8 Å². The van der Waals surface area contributed by atoms with Crippen LogP contribution in [0.1, 0.15) is 33.1 Å². The lowest BCUT2D eigenvalue weighted by molar-refractivity contribution is -0.119. The molecular formula is C8H18N2O. The first-order chi connectivity index (χ1) is 5.16. The lowest BCUT2D eigenvalue weighted by Crippen LogP contribution is -2.35. The second kappa shape index (κ2) is 6.16. The first-order valence-electron chi connectivity index (χ1n) is 4.16. The zero-order valence-electron chi connectivity index (χ0n) is 7.39. The van der Waals surface area contributed by atoms with Crippen LogP contribution < -0.4 is 11.1 Å². The maximum Gasteiger partial charge on any atom is 0.216 e. The van der Waals surface area contributed by atoms with Crippen LogP contribution in [0.2, 0.25) is 0 Å². The molecule has 1 atom stereocenters. The minimum absolute atomic E-state index is 0.00283. The second-order valence-electron chi connectivity index (χ2n) is 2.84. The third-order valence-electron chi connectivity index (χ3n) is 1.54. The SMILES string of the molecule is CCCC[C@H](N)CNC(C)=O. The summed E-state index contributed by atoms with van der Waals surface area (Å²) in [6.07, 6.45) is 3.30. The monoisotopic (exact) mass is 158 g/mol. The molecule has 0 aromatic carbocycles. The van der Waals surface area contributed by atoms with Crippen molar-refractivity contribution in [3.8, 4) is 0 Å². The first kappa shape index (κ1) is 10.4. The molecule has 0 aliphatic heterocycles. The average Bonchev–Trinajstić information content (AvgIpc) is 1.97. The smallest absolute Gasteiger partial charge is 0.216 e. The van der Waals surface area contributed by atoms with Gasteiger partial charge in [0, 0.05) is 19.5 Å². The molecule has 1 amide bonds. The minimum Gasteiger partial charge on any atom is -0.355 e. The molecule has 0 bridgehead atoms. The summed E-state index contributed by atoms with van der Waals surface area (Å²) in [6, 6.07) is 0.124. The van der Waals surface area contributed by atoms with Gasteiger partial charge in [0.25, 0.3) is 0 Å². The number of amides is 1. The molecule has 0 fully saturated rings. The number of carbonyl (C=O) groups excluding carboxylic acids is 1. The molecule has 0 rings (SSSR count). The Morgan fingerprint density at radius 1 is 1.64 bits per heavy atom. The molecule has 0 aliphatic carbocycles. The van der Waals surface area contributed by atoms with Crippen molar-refractivity contribution in [1.82, 2.24) is 5.32 Å². The van der Waals surface area contributed by atoms with Crippen molar-refractivity contribution in [1.29, 1.82) is 0 Å². The van der Waals surface area contributed by atoms with Gasteiger partial charge in [-0.15, -0.1) is 0 Å². The first-order valence-corrected chi connectivity index (χ1v) is 4.16. The second-order valence-corrected chi connectivity index (χ2v) is 2.84. The standard InChI is InChI=1S/C8H18N2O/c1-3-4-5-8(9)6-10-7(2)11/h8H,3-6,9H2,1-2H3,(H,10,11)/t8-/m0/s1. The molecule has 0 heterocycles. The zero-order chi connectivity index (χ0) is 8.69. The Morgan fingerprint density at radius 3 is 2.73 bits per heavy atom. The predicted octanol–water partition coefficient (Wildman–Crippen LogP) is 0.640. The molecule has 0 saturated heterocycles. The van der Waals surface area contributed by atoms with E-state index in [2.05, 4.69) is 12.2 Å². The summed E-state index contributed by atoms with van der Waals surface area (Å²) in [5.74, 6) is -0.00283. The molecule has 11 heavy (non-hydrogen) atoms. The largest absolute Gasteiger partial charge is 0.355 e. The van der Waals surface area contributed by atoms with Crippen LogP contribution in [0.4, 0.5) is 0 Å². The number of nitrogens with two attached hydrogens (primary N) is 1. The van der Waals surface area contributed by atoms with Crippen LogP contribution in [0.5, 0.6) is 0 Å². The molecular weight excluding hydrogens is 140 g/mol. The zero-order valence-corrected chi connectivity index (χ0v) is 7.39. The molecule has 0 spiro atoms. The molecule has 66 valence electrons. The molecule has 0 unspecified atom stereocenters. The number of unbranched alkanes of at least 4 members (excludes halogenated alkanes) is 1. The van der Waals surface area contributed by atoms with Crippen LogP contribution >= 0.6 is 0 Å². The van der Waals surface area contributed by atoms with E-state index in [1.165, 1.54) is 6.92 Å². The highest BCUT2D eigenvalue weighted by molar-refractivity contribution is 5.72. The summed E-state index contributed by atoms with van der Waals surface area (Å²) in [6.45, 7) is 4.24. The van der Waals surface area contributed by atoms with Crippen molar-refractivity contribution < 1.29 is 4.79 Å². The number of hydrogen-bond acceptors (Lipinski definition) is 2. The van der Waals surface area contributed by atoms with E-state index in [1.807, 2.05) is 0 Å². The van der Waals surface area contributed by atoms with E-state index in [0.29, 0.717) is 6.54 Å². The van der Waals surface area contributed by atoms with Gasteiger partial charge in [0.05, 0.1) is 0 Å². The van der Waals surface area contributed by atoms with E-state index in [4.69, 9.17) is 5.73 Å². The lowest BCUT2D eigenvalue weighted by atomic mass is 10.1. The van der Waals surface area contributed by atoms with Crippen molar-refractivity contribution in [3.05, 3.63) is 0 Å². The molecule has 0 aromatic rings. The number of nitrogens with one attached hydrogen (secondary N) is 1. The van der Waals surface area contributed by atoms with E-state index < -0.39 is 0 Å². The Morgan fingerprint density at radius 2 is 2.27 bits per heavy atom. The van der Waals surface area contributed by atoms with Gasteiger partial charge >= 0.3 is 0 Å². The highest BCUT2D eigenvalue weighted by Crippen LogP contribution is 1.96. The van der Waals surface area contributed by atoms with E-state index in [0.717, 1.165) is 19.3 Å². The van der Waals surface area contributed by atoms with Crippen LogP contribution in [-0.4, -0.2) is 18.5 Å². The summed E-state index contributed by atoms with van der Waals surface area (Å²) in [7, 11) is 0. The fourth-order valence-electron chi connectivity index (χ4n) is 0.843. The highest BCUT2D eigenvalue weighted by Gasteiger charge is 2.01. The maximum absolute atomic E-state index is 10.5. The summed E-state index contributed by atoms with van der Waals surface area (Å²) >= 11 is 0. The van der Waals surface area contributed by atoms with Crippen LogP contribution in [0, 0.1) is 0 Å². The van der Waals surface area contributed by atoms with Crippen molar-refractivity contribution in [2.45, 2.75) is 39.2 Å². The number of rotatable bonds is 5. The Kier molecular flexibility index (Phi) is 5.84. The van der Waals surface area contributed by atoms with Crippen LogP contribution in [-0.2, 0) is 4.79 Å². The summed E-state index contributed by atoms with van der Waals surface area (Å²) < 4.78 is 0. The Bertz CT molecular complexity index is 115. The average molecular weight is 158 g/mol. The van der Waals surface area contributed by atoms with E-state index in [9.17, 15) is 4.79 Å². The van der Waals surface area contributed by atoms with Gasteiger partial charge in [0.2, 0.25) is 5.91 Å². The Labute approximate surface area is 68.3 Å². The third-order valence-corrected chi connectivity index (χ3v) is 1.54. The van der Waals surface area contributed by atoms with E-state index in [-0.39, 0.29) is 11.9 Å². The van der Waals surface area contributed by atoms with Crippen LogP contribution in [0.3, 0.4) is 0 Å². The van der Waals surface area contributed by atoms with Crippen molar-refractivity contribution in [2.75, 3.05) is 6.54 Å². The molecule has 0 aromatic heterocycles. The lowest BCUT2D eigenvalue weighted by Gasteiger charge is -2.10. The van der Waals surface area contributed by atoms with Gasteiger partial charge in [-0.3, -0.25) is 4.79 Å². The number of carbonyl (C=O) groups is 1. The third kappa shape index (κ3) is 7.33. The Hall–Kier alpha value is -0.570. The van der Waals surface area contributed by atoms with Gasteiger partial charge in [-0.25, -0.2) is 0 Å². The molecule has 0 aliphatic rings. The quantitative estimate of drug-likeness (QED) is 0.617. The van der Waals surface area contributed by atoms with Crippen molar-refractivity contribution in [3.63, 3.8) is 0 Å². The molecule has 0 saturated carbocycles. The fraction of sp³-hybridized carbons (Fsp3) is 0.875. The Balaban J connectivity index is 3.22. The van der Waals surface area contributed by atoms with Gasteiger partial charge in [0.15, 0.2) is 0 Å². The normalized spacial score (nSPS) is 12.6. The maximum atomic E-state index is 10.5. The minimum atomic E-state index is -0.00283. The van der Waals surface area contributed by atoms with E-state index in [1.54, 1.807) is 0 Å². The summed E-state index contributed by atoms with van der Waals surface area (Å²) in [5, 5.41) is 2.69. The van der Waals surface area contributed by atoms with Gasteiger partial charge < -0.3 is 11.1 Å². The van der Waals surface area contributed by atoms with Gasteiger partial charge in [0.1, 0.15) is 0 Å². The molecule has 3 nitrogen and oxygen atoms in total.